The number of nitrogens with one attached hydrogen (secondary N) is 3. The number of fused-ring (bicyclic) bond motifs is 1. The van der Waals surface area contributed by atoms with Crippen LogP contribution in [0.1, 0.15) is 25.1 Å². The van der Waals surface area contributed by atoms with E-state index in [9.17, 15) is 0 Å². The Morgan fingerprint density at radius 2 is 1.97 bits per heavy atom. The lowest BCUT2D eigenvalue weighted by Crippen LogP contribution is -2.10. The molecule has 4 aromatic rings. The standard InChI is InChI=1S/C20H23ClN8/c1-12(2)11-29-19-16(10-23-29)18(24-17-8-13(3)27-28-17)25-20(26-19)22-9-14-4-6-15(21)7-5-14/h4-8,10,12H,9,11H2,1-3H3,(H3,22,24,25,26,27,28). The molecule has 0 bridgehead atoms. The van der Waals surface area contributed by atoms with E-state index in [2.05, 4.69) is 44.8 Å². The maximum atomic E-state index is 5.97. The fraction of sp³-hybridized carbons (Fsp3) is 0.300. The third-order valence-corrected chi connectivity index (χ3v) is 4.60. The zero-order valence-electron chi connectivity index (χ0n) is 16.6. The lowest BCUT2D eigenvalue weighted by atomic mass is 10.2. The smallest absolute Gasteiger partial charge is 0.227 e. The summed E-state index contributed by atoms with van der Waals surface area (Å²) in [5.41, 5.74) is 2.84. The molecule has 0 aliphatic rings. The molecule has 29 heavy (non-hydrogen) atoms. The van der Waals surface area contributed by atoms with Gasteiger partial charge >= 0.3 is 0 Å². The third-order valence-electron chi connectivity index (χ3n) is 4.35. The lowest BCUT2D eigenvalue weighted by Gasteiger charge is -2.11. The fourth-order valence-electron chi connectivity index (χ4n) is 3.00. The van der Waals surface area contributed by atoms with Crippen LogP contribution in [-0.2, 0) is 13.1 Å². The van der Waals surface area contributed by atoms with Gasteiger partial charge in [-0.25, -0.2) is 4.68 Å². The van der Waals surface area contributed by atoms with E-state index in [0.717, 1.165) is 28.8 Å². The van der Waals surface area contributed by atoms with E-state index in [1.165, 1.54) is 0 Å². The van der Waals surface area contributed by atoms with Gasteiger partial charge in [0.1, 0.15) is 5.82 Å². The second kappa shape index (κ2) is 8.08. The van der Waals surface area contributed by atoms with Gasteiger partial charge in [0, 0.05) is 29.9 Å². The van der Waals surface area contributed by atoms with Gasteiger partial charge in [-0.3, -0.25) is 5.10 Å². The Labute approximate surface area is 173 Å². The van der Waals surface area contributed by atoms with Crippen molar-refractivity contribution >= 4 is 40.2 Å². The SMILES string of the molecule is Cc1cc(Nc2nc(NCc3ccc(Cl)cc3)nc3c2cnn3CC(C)C)n[nH]1. The van der Waals surface area contributed by atoms with Crippen molar-refractivity contribution in [2.75, 3.05) is 10.6 Å². The Kier molecular flexibility index (Phi) is 5.35. The maximum absolute atomic E-state index is 5.97. The summed E-state index contributed by atoms with van der Waals surface area (Å²) in [6.45, 7) is 7.62. The third kappa shape index (κ3) is 4.48. The molecule has 0 aliphatic heterocycles. The van der Waals surface area contributed by atoms with Crippen LogP contribution in [0.2, 0.25) is 5.02 Å². The highest BCUT2D eigenvalue weighted by Gasteiger charge is 2.15. The average molecular weight is 411 g/mol. The monoisotopic (exact) mass is 410 g/mol. The van der Waals surface area contributed by atoms with Crippen molar-refractivity contribution in [1.82, 2.24) is 29.9 Å². The number of halogens is 1. The second-order valence-electron chi connectivity index (χ2n) is 7.39. The van der Waals surface area contributed by atoms with Crippen molar-refractivity contribution in [3.05, 3.63) is 52.8 Å². The largest absolute Gasteiger partial charge is 0.350 e. The molecular formula is C20H23ClN8. The first-order chi connectivity index (χ1) is 14.0. The maximum Gasteiger partial charge on any atom is 0.227 e. The number of anilines is 3. The number of benzene rings is 1. The lowest BCUT2D eigenvalue weighted by molar-refractivity contribution is 0.492. The van der Waals surface area contributed by atoms with Gasteiger partial charge in [0.15, 0.2) is 11.5 Å². The Hall–Kier alpha value is -3.13. The van der Waals surface area contributed by atoms with E-state index < -0.39 is 0 Å². The van der Waals surface area contributed by atoms with Gasteiger partial charge in [-0.2, -0.15) is 20.2 Å². The molecular weight excluding hydrogens is 388 g/mol. The molecule has 4 rings (SSSR count). The Balaban J connectivity index is 1.67. The summed E-state index contributed by atoms with van der Waals surface area (Å²) in [6.07, 6.45) is 1.79. The summed E-state index contributed by atoms with van der Waals surface area (Å²) in [4.78, 5) is 9.38. The van der Waals surface area contributed by atoms with Crippen molar-refractivity contribution in [2.45, 2.75) is 33.9 Å². The Morgan fingerprint density at radius 1 is 1.17 bits per heavy atom. The van der Waals surface area contributed by atoms with Gasteiger partial charge in [0.25, 0.3) is 0 Å². The average Bonchev–Trinajstić information content (AvgIpc) is 3.27. The minimum Gasteiger partial charge on any atom is -0.350 e. The van der Waals surface area contributed by atoms with Gasteiger partial charge < -0.3 is 10.6 Å². The molecule has 3 aromatic heterocycles. The molecule has 0 spiro atoms. The first kappa shape index (κ1) is 19.2. The van der Waals surface area contributed by atoms with Gasteiger partial charge in [-0.05, 0) is 30.5 Å². The molecule has 150 valence electrons. The van der Waals surface area contributed by atoms with Crippen LogP contribution in [0, 0.1) is 12.8 Å². The van der Waals surface area contributed by atoms with E-state index in [4.69, 9.17) is 16.6 Å². The minimum atomic E-state index is 0.448. The van der Waals surface area contributed by atoms with E-state index in [0.29, 0.717) is 35.1 Å². The van der Waals surface area contributed by atoms with Crippen LogP contribution in [-0.4, -0.2) is 29.9 Å². The number of H-pyrrole nitrogens is 1. The van der Waals surface area contributed by atoms with Gasteiger partial charge in [0.05, 0.1) is 11.6 Å². The van der Waals surface area contributed by atoms with Crippen molar-refractivity contribution in [1.29, 1.82) is 0 Å². The molecule has 0 amide bonds. The molecule has 0 aliphatic carbocycles. The number of aromatic nitrogens is 6. The molecule has 0 unspecified atom stereocenters. The Bertz CT molecular complexity index is 1110. The van der Waals surface area contributed by atoms with Crippen molar-refractivity contribution in [2.24, 2.45) is 5.92 Å². The number of hydrogen-bond acceptors (Lipinski definition) is 6. The van der Waals surface area contributed by atoms with Crippen LogP contribution in [0.4, 0.5) is 17.6 Å². The molecule has 3 heterocycles. The summed E-state index contributed by atoms with van der Waals surface area (Å²) in [5.74, 6) is 2.33. The second-order valence-corrected chi connectivity index (χ2v) is 7.83. The predicted molar refractivity (Wildman–Crippen MR) is 116 cm³/mol. The molecule has 0 atom stereocenters. The van der Waals surface area contributed by atoms with Gasteiger partial charge in [-0.1, -0.05) is 37.6 Å². The quantitative estimate of drug-likeness (QED) is 0.414. The van der Waals surface area contributed by atoms with Crippen LogP contribution < -0.4 is 10.6 Å². The number of aromatic amines is 1. The van der Waals surface area contributed by atoms with Gasteiger partial charge in [-0.15, -0.1) is 0 Å². The fourth-order valence-corrected chi connectivity index (χ4v) is 3.12. The van der Waals surface area contributed by atoms with Crippen LogP contribution in [0.25, 0.3) is 11.0 Å². The zero-order chi connectivity index (χ0) is 20.4. The first-order valence-corrected chi connectivity index (χ1v) is 9.86. The Morgan fingerprint density at radius 3 is 2.66 bits per heavy atom. The summed E-state index contributed by atoms with van der Waals surface area (Å²) < 4.78 is 1.91. The van der Waals surface area contributed by atoms with Crippen LogP contribution in [0.3, 0.4) is 0 Å². The molecule has 0 saturated carbocycles. The van der Waals surface area contributed by atoms with Crippen LogP contribution >= 0.6 is 11.6 Å². The van der Waals surface area contributed by atoms with E-state index in [-0.39, 0.29) is 0 Å². The zero-order valence-corrected chi connectivity index (χ0v) is 17.3. The van der Waals surface area contributed by atoms with Crippen molar-refractivity contribution in [3.63, 3.8) is 0 Å². The van der Waals surface area contributed by atoms with Crippen molar-refractivity contribution in [3.8, 4) is 0 Å². The highest BCUT2D eigenvalue weighted by molar-refractivity contribution is 6.30. The number of aryl methyl sites for hydroxylation is 1. The highest BCUT2D eigenvalue weighted by atomic mass is 35.5. The van der Waals surface area contributed by atoms with E-state index >= 15 is 0 Å². The summed E-state index contributed by atoms with van der Waals surface area (Å²) in [5, 5.41) is 19.8. The molecule has 9 heteroatoms. The highest BCUT2D eigenvalue weighted by Crippen LogP contribution is 2.25. The number of rotatable bonds is 7. The molecule has 8 nitrogen and oxygen atoms in total. The normalized spacial score (nSPS) is 11.3. The number of hydrogen-bond donors (Lipinski definition) is 3. The summed E-state index contributed by atoms with van der Waals surface area (Å²) >= 11 is 5.97. The topological polar surface area (TPSA) is 96.3 Å². The number of nitrogens with zero attached hydrogens (tertiary/aromatic N) is 5. The first-order valence-electron chi connectivity index (χ1n) is 9.49. The molecule has 3 N–H and O–H groups in total. The summed E-state index contributed by atoms with van der Waals surface area (Å²) in [7, 11) is 0. The predicted octanol–water partition coefficient (Wildman–Crippen LogP) is 4.52. The molecule has 0 radical (unpaired) electrons. The van der Waals surface area contributed by atoms with Crippen LogP contribution in [0.15, 0.2) is 36.5 Å². The minimum absolute atomic E-state index is 0.448. The van der Waals surface area contributed by atoms with Crippen molar-refractivity contribution < 1.29 is 0 Å². The van der Waals surface area contributed by atoms with E-state index in [1.54, 1.807) is 6.20 Å². The van der Waals surface area contributed by atoms with Crippen LogP contribution in [0.5, 0.6) is 0 Å². The van der Waals surface area contributed by atoms with E-state index in [1.807, 2.05) is 41.9 Å². The summed E-state index contributed by atoms with van der Waals surface area (Å²) in [6, 6.07) is 9.61. The molecule has 0 fully saturated rings. The van der Waals surface area contributed by atoms with Gasteiger partial charge in [0.2, 0.25) is 5.95 Å². The molecule has 0 saturated heterocycles. The molecule has 1 aromatic carbocycles.